The molecule has 0 aliphatic rings. The smallest absolute Gasteiger partial charge is 0.143 e. The summed E-state index contributed by atoms with van der Waals surface area (Å²) in [5, 5.41) is 0. The molecule has 5 heteroatoms. The molecule has 0 amide bonds. The Morgan fingerprint density at radius 2 is 1.39 bits per heavy atom. The highest BCUT2D eigenvalue weighted by atomic mass is 19.1. The standard InChI is InChI=1S/C23H33FN2O2/c1-19(2)22(24)23(28-16-15-27-14-13-25)26(17-20-9-5-3-6-10-20)18-21-11-7-4-8-12-21/h3-12,19,22-23H,13-18,25H2,1-2H3. The van der Waals surface area contributed by atoms with Gasteiger partial charge in [0, 0.05) is 19.6 Å². The first-order valence-electron chi connectivity index (χ1n) is 9.97. The number of halogens is 1. The minimum atomic E-state index is -1.11. The number of benzene rings is 2. The molecule has 0 aliphatic heterocycles. The van der Waals surface area contributed by atoms with Gasteiger partial charge in [-0.05, 0) is 17.0 Å². The summed E-state index contributed by atoms with van der Waals surface area (Å²) in [6.45, 7) is 6.67. The lowest BCUT2D eigenvalue weighted by Crippen LogP contribution is -2.45. The highest BCUT2D eigenvalue weighted by molar-refractivity contribution is 5.17. The van der Waals surface area contributed by atoms with E-state index in [1.807, 2.05) is 50.2 Å². The molecule has 28 heavy (non-hydrogen) atoms. The van der Waals surface area contributed by atoms with E-state index in [-0.39, 0.29) is 5.92 Å². The van der Waals surface area contributed by atoms with Gasteiger partial charge in [-0.25, -0.2) is 4.39 Å². The van der Waals surface area contributed by atoms with Crippen molar-refractivity contribution in [2.24, 2.45) is 11.7 Å². The van der Waals surface area contributed by atoms with Crippen LogP contribution in [0.1, 0.15) is 25.0 Å². The van der Waals surface area contributed by atoms with E-state index in [1.165, 1.54) is 0 Å². The molecule has 0 heterocycles. The van der Waals surface area contributed by atoms with Gasteiger partial charge >= 0.3 is 0 Å². The van der Waals surface area contributed by atoms with E-state index < -0.39 is 12.4 Å². The van der Waals surface area contributed by atoms with Crippen LogP contribution in [0.3, 0.4) is 0 Å². The molecular weight excluding hydrogens is 355 g/mol. The fraction of sp³-hybridized carbons (Fsp3) is 0.478. The summed E-state index contributed by atoms with van der Waals surface area (Å²) in [6.07, 6.45) is -1.76. The van der Waals surface area contributed by atoms with Crippen LogP contribution in [0, 0.1) is 5.92 Å². The Morgan fingerprint density at radius 3 is 1.86 bits per heavy atom. The Morgan fingerprint density at radius 1 is 0.857 bits per heavy atom. The van der Waals surface area contributed by atoms with E-state index in [2.05, 4.69) is 29.2 Å². The predicted molar refractivity (Wildman–Crippen MR) is 111 cm³/mol. The monoisotopic (exact) mass is 388 g/mol. The molecule has 2 aromatic carbocycles. The van der Waals surface area contributed by atoms with Crippen molar-refractivity contribution < 1.29 is 13.9 Å². The van der Waals surface area contributed by atoms with Crippen LogP contribution in [-0.2, 0) is 22.6 Å². The lowest BCUT2D eigenvalue weighted by atomic mass is 10.0. The normalized spacial score (nSPS) is 13.8. The highest BCUT2D eigenvalue weighted by Gasteiger charge is 2.31. The molecule has 2 aromatic rings. The van der Waals surface area contributed by atoms with E-state index in [0.29, 0.717) is 39.5 Å². The van der Waals surface area contributed by atoms with Crippen LogP contribution in [0.5, 0.6) is 0 Å². The van der Waals surface area contributed by atoms with Gasteiger partial charge < -0.3 is 15.2 Å². The van der Waals surface area contributed by atoms with Crippen molar-refractivity contribution >= 4 is 0 Å². The molecule has 0 spiro atoms. The van der Waals surface area contributed by atoms with Gasteiger partial charge in [0.05, 0.1) is 19.8 Å². The minimum absolute atomic E-state index is 0.149. The molecule has 0 fully saturated rings. The van der Waals surface area contributed by atoms with Gasteiger partial charge in [-0.2, -0.15) is 0 Å². The second kappa shape index (κ2) is 12.6. The van der Waals surface area contributed by atoms with Crippen LogP contribution in [-0.4, -0.2) is 43.7 Å². The van der Waals surface area contributed by atoms with Crippen molar-refractivity contribution in [1.82, 2.24) is 4.90 Å². The summed E-state index contributed by atoms with van der Waals surface area (Å²) in [5.74, 6) is -0.149. The number of alkyl halides is 1. The third kappa shape index (κ3) is 7.68. The molecule has 154 valence electrons. The molecule has 0 saturated carbocycles. The second-order valence-corrected chi connectivity index (χ2v) is 7.23. The minimum Gasteiger partial charge on any atom is -0.378 e. The van der Waals surface area contributed by atoms with Gasteiger partial charge in [0.1, 0.15) is 12.4 Å². The molecule has 2 rings (SSSR count). The topological polar surface area (TPSA) is 47.7 Å². The van der Waals surface area contributed by atoms with Gasteiger partial charge in [0.25, 0.3) is 0 Å². The first kappa shape index (κ1) is 22.5. The molecule has 0 aromatic heterocycles. The zero-order valence-electron chi connectivity index (χ0n) is 17.0. The van der Waals surface area contributed by atoms with Crippen molar-refractivity contribution in [3.63, 3.8) is 0 Å². The summed E-state index contributed by atoms with van der Waals surface area (Å²) >= 11 is 0. The summed E-state index contributed by atoms with van der Waals surface area (Å²) in [7, 11) is 0. The summed E-state index contributed by atoms with van der Waals surface area (Å²) in [6, 6.07) is 20.2. The zero-order valence-corrected chi connectivity index (χ0v) is 17.0. The summed E-state index contributed by atoms with van der Waals surface area (Å²) < 4.78 is 26.6. The number of ether oxygens (including phenoxy) is 2. The van der Waals surface area contributed by atoms with Crippen LogP contribution in [0.25, 0.3) is 0 Å². The van der Waals surface area contributed by atoms with Gasteiger partial charge in [0.2, 0.25) is 0 Å². The average Bonchev–Trinajstić information content (AvgIpc) is 2.71. The van der Waals surface area contributed by atoms with Crippen LogP contribution in [0.4, 0.5) is 4.39 Å². The fourth-order valence-electron chi connectivity index (χ4n) is 3.01. The van der Waals surface area contributed by atoms with E-state index in [1.54, 1.807) is 0 Å². The molecule has 2 atom stereocenters. The van der Waals surface area contributed by atoms with E-state index in [0.717, 1.165) is 11.1 Å². The quantitative estimate of drug-likeness (QED) is 0.416. The van der Waals surface area contributed by atoms with Gasteiger partial charge in [-0.3, -0.25) is 4.90 Å². The first-order chi connectivity index (χ1) is 13.6. The first-order valence-corrected chi connectivity index (χ1v) is 9.97. The molecule has 2 N–H and O–H groups in total. The maximum Gasteiger partial charge on any atom is 0.143 e. The van der Waals surface area contributed by atoms with Gasteiger partial charge in [-0.1, -0.05) is 74.5 Å². The van der Waals surface area contributed by atoms with Crippen molar-refractivity contribution in [2.45, 2.75) is 39.3 Å². The predicted octanol–water partition coefficient (Wildman–Crippen LogP) is 4.00. The number of hydrogen-bond donors (Lipinski definition) is 1. The van der Waals surface area contributed by atoms with Crippen LogP contribution >= 0.6 is 0 Å². The molecule has 2 unspecified atom stereocenters. The Hall–Kier alpha value is -1.79. The van der Waals surface area contributed by atoms with E-state index >= 15 is 4.39 Å². The lowest BCUT2D eigenvalue weighted by molar-refractivity contribution is -0.129. The van der Waals surface area contributed by atoms with Crippen LogP contribution in [0.2, 0.25) is 0 Å². The van der Waals surface area contributed by atoms with Crippen molar-refractivity contribution in [3.05, 3.63) is 71.8 Å². The SMILES string of the molecule is CC(C)C(F)C(OCCOCCN)N(Cc1ccccc1)Cc1ccccc1. The lowest BCUT2D eigenvalue weighted by Gasteiger charge is -2.35. The Balaban J connectivity index is 2.16. The number of hydrogen-bond acceptors (Lipinski definition) is 4. The number of nitrogens with zero attached hydrogens (tertiary/aromatic N) is 1. The summed E-state index contributed by atoms with van der Waals surface area (Å²) in [4.78, 5) is 2.07. The number of rotatable bonds is 13. The van der Waals surface area contributed by atoms with Crippen molar-refractivity contribution in [1.29, 1.82) is 0 Å². The third-order valence-corrected chi connectivity index (χ3v) is 4.50. The molecule has 0 radical (unpaired) electrons. The third-order valence-electron chi connectivity index (χ3n) is 4.50. The van der Waals surface area contributed by atoms with Crippen LogP contribution < -0.4 is 5.73 Å². The van der Waals surface area contributed by atoms with E-state index in [9.17, 15) is 0 Å². The zero-order chi connectivity index (χ0) is 20.2. The van der Waals surface area contributed by atoms with E-state index in [4.69, 9.17) is 15.2 Å². The molecular formula is C23H33FN2O2. The molecule has 0 saturated heterocycles. The second-order valence-electron chi connectivity index (χ2n) is 7.23. The maximum atomic E-state index is 15.2. The van der Waals surface area contributed by atoms with Crippen molar-refractivity contribution in [2.75, 3.05) is 26.4 Å². The van der Waals surface area contributed by atoms with Gasteiger partial charge in [-0.15, -0.1) is 0 Å². The largest absolute Gasteiger partial charge is 0.378 e. The Bertz CT molecular complexity index is 598. The maximum absolute atomic E-state index is 15.2. The molecule has 4 nitrogen and oxygen atoms in total. The van der Waals surface area contributed by atoms with Crippen molar-refractivity contribution in [3.8, 4) is 0 Å². The average molecular weight is 389 g/mol. The Labute approximate surface area is 168 Å². The Kier molecular flexibility index (Phi) is 10.1. The van der Waals surface area contributed by atoms with Gasteiger partial charge in [0.15, 0.2) is 0 Å². The number of nitrogens with two attached hydrogens (primary N) is 1. The molecule has 0 aliphatic carbocycles. The highest BCUT2D eigenvalue weighted by Crippen LogP contribution is 2.22. The fourth-order valence-corrected chi connectivity index (χ4v) is 3.01. The van der Waals surface area contributed by atoms with Crippen LogP contribution in [0.15, 0.2) is 60.7 Å². The summed E-state index contributed by atoms with van der Waals surface area (Å²) in [5.41, 5.74) is 7.70. The molecule has 0 bridgehead atoms.